The van der Waals surface area contributed by atoms with Gasteiger partial charge < -0.3 is 10.3 Å². The topological polar surface area (TPSA) is 83.9 Å². The second kappa shape index (κ2) is 4.88. The van der Waals surface area contributed by atoms with Gasteiger partial charge in [0.1, 0.15) is 5.69 Å². The highest BCUT2D eigenvalue weighted by atomic mass is 35.5. The van der Waals surface area contributed by atoms with Crippen molar-refractivity contribution in [2.75, 3.05) is 0 Å². The predicted octanol–water partition coefficient (Wildman–Crippen LogP) is 1.22. The van der Waals surface area contributed by atoms with Crippen LogP contribution in [0.1, 0.15) is 10.5 Å². The number of nitrogens with zero attached hydrogens (tertiary/aromatic N) is 1. The van der Waals surface area contributed by atoms with Gasteiger partial charge in [0.25, 0.3) is 5.91 Å². The minimum atomic E-state index is -0.369. The zero-order valence-corrected chi connectivity index (χ0v) is 10.0. The summed E-state index contributed by atoms with van der Waals surface area (Å²) in [5, 5.41) is 10.3. The van der Waals surface area contributed by atoms with E-state index in [1.54, 1.807) is 17.7 Å². The van der Waals surface area contributed by atoms with Crippen LogP contribution in [-0.2, 0) is 7.05 Å². The lowest BCUT2D eigenvalue weighted by Gasteiger charge is -2.04. The van der Waals surface area contributed by atoms with Crippen molar-refractivity contribution in [2.45, 2.75) is 0 Å². The average molecular weight is 253 g/mol. The van der Waals surface area contributed by atoms with Gasteiger partial charge in [-0.05, 0) is 12.1 Å². The highest BCUT2D eigenvalue weighted by Gasteiger charge is 2.12. The molecule has 4 N–H and O–H groups in total. The summed E-state index contributed by atoms with van der Waals surface area (Å²) in [6.45, 7) is 0. The summed E-state index contributed by atoms with van der Waals surface area (Å²) in [6.07, 6.45) is 0. The lowest BCUT2D eigenvalue weighted by Crippen LogP contribution is -2.36. The van der Waals surface area contributed by atoms with Crippen LogP contribution in [0.4, 0.5) is 0 Å². The van der Waals surface area contributed by atoms with Crippen LogP contribution in [0.2, 0.25) is 0 Å². The van der Waals surface area contributed by atoms with E-state index in [-0.39, 0.29) is 24.3 Å². The number of nitrogens with two attached hydrogens (primary N) is 1. The lowest BCUT2D eigenvalue weighted by molar-refractivity contribution is 0.0969. The molecule has 0 radical (unpaired) electrons. The first-order chi connectivity index (χ1) is 7.59. The van der Waals surface area contributed by atoms with Crippen molar-refractivity contribution in [1.29, 1.82) is 5.41 Å². The number of benzene rings is 1. The Morgan fingerprint density at radius 1 is 1.41 bits per heavy atom. The third-order valence-electron chi connectivity index (χ3n) is 2.43. The highest BCUT2D eigenvalue weighted by molar-refractivity contribution is 6.06. The van der Waals surface area contributed by atoms with Crippen LogP contribution < -0.4 is 11.1 Å². The van der Waals surface area contributed by atoms with E-state index >= 15 is 0 Å². The SMILES string of the molecule is Cl.Cn1c(C(=O)NC(=N)N)cc2ccccc21. The zero-order chi connectivity index (χ0) is 11.7. The van der Waals surface area contributed by atoms with Crippen molar-refractivity contribution in [3.8, 4) is 0 Å². The van der Waals surface area contributed by atoms with Gasteiger partial charge in [-0.15, -0.1) is 12.4 Å². The van der Waals surface area contributed by atoms with Crippen molar-refractivity contribution in [3.63, 3.8) is 0 Å². The molecule has 1 aromatic carbocycles. The molecule has 0 atom stereocenters. The van der Waals surface area contributed by atoms with Crippen LogP contribution >= 0.6 is 12.4 Å². The van der Waals surface area contributed by atoms with Gasteiger partial charge in [0.15, 0.2) is 5.96 Å². The standard InChI is InChI=1S/C11H12N4O.ClH/c1-15-8-5-3-2-4-7(8)6-9(15)10(16)14-11(12)13;/h2-6H,1H3,(H4,12,13,14,16);1H. The molecule has 0 aliphatic carbocycles. The molecule has 2 aromatic rings. The van der Waals surface area contributed by atoms with Crippen LogP contribution in [-0.4, -0.2) is 16.4 Å². The minimum absolute atomic E-state index is 0. The Bertz CT molecular complexity index is 576. The largest absolute Gasteiger partial charge is 0.370 e. The van der Waals surface area contributed by atoms with E-state index in [1.165, 1.54) is 0 Å². The number of hydrogen-bond acceptors (Lipinski definition) is 2. The van der Waals surface area contributed by atoms with E-state index in [0.717, 1.165) is 10.9 Å². The van der Waals surface area contributed by atoms with E-state index in [1.807, 2.05) is 24.3 Å². The van der Waals surface area contributed by atoms with Gasteiger partial charge in [-0.2, -0.15) is 0 Å². The fraction of sp³-hybridized carbons (Fsp3) is 0.0909. The first-order valence-electron chi connectivity index (χ1n) is 4.79. The third kappa shape index (κ3) is 2.39. The highest BCUT2D eigenvalue weighted by Crippen LogP contribution is 2.17. The molecular weight excluding hydrogens is 240 g/mol. The van der Waals surface area contributed by atoms with Crippen LogP contribution in [0.3, 0.4) is 0 Å². The number of amides is 1. The number of para-hydroxylation sites is 1. The Labute approximate surface area is 105 Å². The Hall–Kier alpha value is -2.01. The van der Waals surface area contributed by atoms with Gasteiger partial charge in [0, 0.05) is 18.0 Å². The first-order valence-corrected chi connectivity index (χ1v) is 4.79. The normalized spacial score (nSPS) is 9.71. The van der Waals surface area contributed by atoms with Gasteiger partial charge in [-0.3, -0.25) is 15.5 Å². The molecule has 90 valence electrons. The summed E-state index contributed by atoms with van der Waals surface area (Å²) < 4.78 is 1.77. The molecule has 0 fully saturated rings. The van der Waals surface area contributed by atoms with Crippen LogP contribution in [0.5, 0.6) is 0 Å². The van der Waals surface area contributed by atoms with E-state index in [0.29, 0.717) is 5.69 Å². The Morgan fingerprint density at radius 3 is 2.65 bits per heavy atom. The Morgan fingerprint density at radius 2 is 2.06 bits per heavy atom. The minimum Gasteiger partial charge on any atom is -0.370 e. The zero-order valence-electron chi connectivity index (χ0n) is 9.23. The number of halogens is 1. The predicted molar refractivity (Wildman–Crippen MR) is 69.5 cm³/mol. The van der Waals surface area contributed by atoms with E-state index < -0.39 is 0 Å². The number of carbonyl (C=O) groups is 1. The van der Waals surface area contributed by atoms with E-state index in [4.69, 9.17) is 11.1 Å². The molecule has 1 heterocycles. The molecule has 1 aromatic heterocycles. The fourth-order valence-electron chi connectivity index (χ4n) is 1.69. The summed E-state index contributed by atoms with van der Waals surface area (Å²) >= 11 is 0. The smallest absolute Gasteiger partial charge is 0.274 e. The van der Waals surface area contributed by atoms with Gasteiger partial charge in [0.05, 0.1) is 0 Å². The number of rotatable bonds is 1. The van der Waals surface area contributed by atoms with Crippen molar-refractivity contribution in [3.05, 3.63) is 36.0 Å². The van der Waals surface area contributed by atoms with Crippen molar-refractivity contribution in [2.24, 2.45) is 12.8 Å². The molecule has 2 rings (SSSR count). The summed E-state index contributed by atoms with van der Waals surface area (Å²) in [7, 11) is 1.80. The number of aryl methyl sites for hydroxylation is 1. The number of carbonyl (C=O) groups excluding carboxylic acids is 1. The molecule has 0 saturated carbocycles. The van der Waals surface area contributed by atoms with Crippen molar-refractivity contribution >= 4 is 35.2 Å². The summed E-state index contributed by atoms with van der Waals surface area (Å²) in [5.74, 6) is -0.721. The van der Waals surface area contributed by atoms with Gasteiger partial charge in [-0.25, -0.2) is 0 Å². The maximum atomic E-state index is 11.7. The molecule has 0 aliphatic rings. The number of aromatic nitrogens is 1. The van der Waals surface area contributed by atoms with Crippen molar-refractivity contribution in [1.82, 2.24) is 9.88 Å². The molecule has 1 amide bonds. The van der Waals surface area contributed by atoms with E-state index in [2.05, 4.69) is 5.32 Å². The molecule has 5 nitrogen and oxygen atoms in total. The van der Waals surface area contributed by atoms with Crippen LogP contribution in [0, 0.1) is 5.41 Å². The quantitative estimate of drug-likeness (QED) is 0.527. The number of hydrogen-bond donors (Lipinski definition) is 3. The molecule has 0 saturated heterocycles. The molecule has 0 unspecified atom stereocenters. The second-order valence-electron chi connectivity index (χ2n) is 3.52. The van der Waals surface area contributed by atoms with Crippen molar-refractivity contribution < 1.29 is 4.79 Å². The van der Waals surface area contributed by atoms with E-state index in [9.17, 15) is 4.79 Å². The fourth-order valence-corrected chi connectivity index (χ4v) is 1.69. The molecule has 0 aliphatic heterocycles. The summed E-state index contributed by atoms with van der Waals surface area (Å²) in [6, 6.07) is 9.46. The first kappa shape index (κ1) is 13.1. The molecular formula is C11H13ClN4O. The second-order valence-corrected chi connectivity index (χ2v) is 3.52. The molecule has 0 spiro atoms. The van der Waals surface area contributed by atoms with Gasteiger partial charge in [-0.1, -0.05) is 18.2 Å². The molecule has 17 heavy (non-hydrogen) atoms. The van der Waals surface area contributed by atoms with Gasteiger partial charge in [0.2, 0.25) is 0 Å². The van der Waals surface area contributed by atoms with Crippen LogP contribution in [0.15, 0.2) is 30.3 Å². The van der Waals surface area contributed by atoms with Gasteiger partial charge >= 0.3 is 0 Å². The van der Waals surface area contributed by atoms with Crippen LogP contribution in [0.25, 0.3) is 10.9 Å². The summed E-state index contributed by atoms with van der Waals surface area (Å²) in [5.41, 5.74) is 6.57. The third-order valence-corrected chi connectivity index (χ3v) is 2.43. The average Bonchev–Trinajstić information content (AvgIpc) is 2.56. The number of fused-ring (bicyclic) bond motifs is 1. The Balaban J connectivity index is 0.00000144. The maximum Gasteiger partial charge on any atom is 0.274 e. The lowest BCUT2D eigenvalue weighted by atomic mass is 10.2. The summed E-state index contributed by atoms with van der Waals surface area (Å²) in [4.78, 5) is 11.7. The number of guanidine groups is 1. The monoisotopic (exact) mass is 252 g/mol. The molecule has 6 heteroatoms. The Kier molecular flexibility index (Phi) is 3.75. The number of nitrogens with one attached hydrogen (secondary N) is 2. The maximum absolute atomic E-state index is 11.7. The molecule has 0 bridgehead atoms.